The fraction of sp³-hybridized carbons (Fsp3) is 0.0625. The molecular formula is C16H13BrN2O2S. The van der Waals surface area contributed by atoms with Gasteiger partial charge in [0.15, 0.2) is 0 Å². The van der Waals surface area contributed by atoms with Crippen LogP contribution in [0.5, 0.6) is 0 Å². The normalized spacial score (nSPS) is 11.5. The molecular weight excluding hydrogens is 364 g/mol. The van der Waals surface area contributed by atoms with E-state index in [-0.39, 0.29) is 4.90 Å². The second-order valence-electron chi connectivity index (χ2n) is 4.91. The SMILES string of the molecule is Cc1ccc(S(=O)(=O)Nc2ccc(Br)c3cccnc23)cc1. The van der Waals surface area contributed by atoms with Crippen molar-refractivity contribution in [2.75, 3.05) is 4.72 Å². The molecule has 0 saturated heterocycles. The molecule has 6 heteroatoms. The lowest BCUT2D eigenvalue weighted by Crippen LogP contribution is -2.13. The van der Waals surface area contributed by atoms with Gasteiger partial charge in [0.25, 0.3) is 10.0 Å². The van der Waals surface area contributed by atoms with Crippen LogP contribution in [0.15, 0.2) is 64.1 Å². The Morgan fingerprint density at radius 1 is 1.05 bits per heavy atom. The number of nitrogens with one attached hydrogen (secondary N) is 1. The largest absolute Gasteiger partial charge is 0.277 e. The first-order chi connectivity index (χ1) is 10.5. The van der Waals surface area contributed by atoms with Crippen molar-refractivity contribution in [1.82, 2.24) is 4.98 Å². The van der Waals surface area contributed by atoms with Crippen molar-refractivity contribution < 1.29 is 8.42 Å². The molecule has 2 aromatic carbocycles. The lowest BCUT2D eigenvalue weighted by atomic mass is 10.2. The van der Waals surface area contributed by atoms with Gasteiger partial charge in [-0.3, -0.25) is 9.71 Å². The predicted molar refractivity (Wildman–Crippen MR) is 91.4 cm³/mol. The molecule has 0 atom stereocenters. The molecule has 1 heterocycles. The topological polar surface area (TPSA) is 59.1 Å². The number of hydrogen-bond donors (Lipinski definition) is 1. The summed E-state index contributed by atoms with van der Waals surface area (Å²) in [7, 11) is -3.64. The van der Waals surface area contributed by atoms with Crippen molar-refractivity contribution in [1.29, 1.82) is 0 Å². The molecule has 3 rings (SSSR count). The van der Waals surface area contributed by atoms with Crippen molar-refractivity contribution >= 4 is 42.5 Å². The number of halogens is 1. The number of nitrogens with zero attached hydrogens (tertiary/aromatic N) is 1. The highest BCUT2D eigenvalue weighted by Gasteiger charge is 2.16. The molecule has 3 aromatic rings. The fourth-order valence-electron chi connectivity index (χ4n) is 2.14. The van der Waals surface area contributed by atoms with E-state index in [1.807, 2.05) is 19.1 Å². The van der Waals surface area contributed by atoms with Crippen LogP contribution in [0, 0.1) is 6.92 Å². The average molecular weight is 377 g/mol. The van der Waals surface area contributed by atoms with E-state index in [1.165, 1.54) is 0 Å². The minimum atomic E-state index is -3.64. The zero-order valence-corrected chi connectivity index (χ0v) is 14.1. The lowest BCUT2D eigenvalue weighted by molar-refractivity contribution is 0.601. The number of aromatic nitrogens is 1. The van der Waals surface area contributed by atoms with E-state index in [0.29, 0.717) is 11.2 Å². The monoisotopic (exact) mass is 376 g/mol. The third-order valence-electron chi connectivity index (χ3n) is 3.29. The number of rotatable bonds is 3. The smallest absolute Gasteiger partial charge is 0.261 e. The number of benzene rings is 2. The van der Waals surface area contributed by atoms with Crippen LogP contribution < -0.4 is 4.72 Å². The summed E-state index contributed by atoms with van der Waals surface area (Å²) in [6.45, 7) is 1.91. The third kappa shape index (κ3) is 2.84. The summed E-state index contributed by atoms with van der Waals surface area (Å²) >= 11 is 3.45. The van der Waals surface area contributed by atoms with E-state index in [0.717, 1.165) is 15.4 Å². The minimum absolute atomic E-state index is 0.227. The third-order valence-corrected chi connectivity index (χ3v) is 5.36. The Labute approximate surface area is 137 Å². The molecule has 0 aliphatic carbocycles. The van der Waals surface area contributed by atoms with Gasteiger partial charge in [-0.1, -0.05) is 39.7 Å². The first-order valence-electron chi connectivity index (χ1n) is 6.60. The summed E-state index contributed by atoms with van der Waals surface area (Å²) in [6, 6.07) is 13.9. The van der Waals surface area contributed by atoms with E-state index < -0.39 is 10.0 Å². The zero-order valence-electron chi connectivity index (χ0n) is 11.7. The Balaban J connectivity index is 2.06. The first-order valence-corrected chi connectivity index (χ1v) is 8.88. The minimum Gasteiger partial charge on any atom is -0.277 e. The summed E-state index contributed by atoms with van der Waals surface area (Å²) in [5.41, 5.74) is 2.07. The lowest BCUT2D eigenvalue weighted by Gasteiger charge is -2.11. The predicted octanol–water partition coefficient (Wildman–Crippen LogP) is 4.11. The van der Waals surface area contributed by atoms with Gasteiger partial charge in [0.2, 0.25) is 0 Å². The second kappa shape index (κ2) is 5.70. The van der Waals surface area contributed by atoms with Crippen molar-refractivity contribution in [2.45, 2.75) is 11.8 Å². The summed E-state index contributed by atoms with van der Waals surface area (Å²) in [4.78, 5) is 4.50. The highest BCUT2D eigenvalue weighted by molar-refractivity contribution is 9.10. The Kier molecular flexibility index (Phi) is 3.88. The Hall–Kier alpha value is -1.92. The van der Waals surface area contributed by atoms with Crippen LogP contribution in [0.3, 0.4) is 0 Å². The van der Waals surface area contributed by atoms with Crippen LogP contribution in [-0.4, -0.2) is 13.4 Å². The van der Waals surface area contributed by atoms with Crippen molar-refractivity contribution in [3.05, 3.63) is 64.8 Å². The van der Waals surface area contributed by atoms with Gasteiger partial charge in [-0.2, -0.15) is 0 Å². The Bertz CT molecular complexity index is 938. The Morgan fingerprint density at radius 3 is 2.50 bits per heavy atom. The highest BCUT2D eigenvalue weighted by atomic mass is 79.9. The molecule has 4 nitrogen and oxygen atoms in total. The van der Waals surface area contributed by atoms with Gasteiger partial charge in [-0.25, -0.2) is 8.42 Å². The molecule has 112 valence electrons. The maximum absolute atomic E-state index is 12.5. The van der Waals surface area contributed by atoms with Crippen LogP contribution >= 0.6 is 15.9 Å². The molecule has 1 N–H and O–H groups in total. The highest BCUT2D eigenvalue weighted by Crippen LogP contribution is 2.29. The molecule has 0 saturated carbocycles. The standard InChI is InChI=1S/C16H13BrN2O2S/c1-11-4-6-12(7-5-11)22(20,21)19-15-9-8-14(17)13-3-2-10-18-16(13)15/h2-10,19H,1H3. The van der Waals surface area contributed by atoms with E-state index in [9.17, 15) is 8.42 Å². The van der Waals surface area contributed by atoms with Crippen LogP contribution in [-0.2, 0) is 10.0 Å². The molecule has 22 heavy (non-hydrogen) atoms. The van der Waals surface area contributed by atoms with Crippen LogP contribution in [0.1, 0.15) is 5.56 Å². The molecule has 0 unspecified atom stereocenters. The van der Waals surface area contributed by atoms with Crippen molar-refractivity contribution in [2.24, 2.45) is 0 Å². The van der Waals surface area contributed by atoms with Crippen LogP contribution in [0.25, 0.3) is 10.9 Å². The van der Waals surface area contributed by atoms with E-state index in [1.54, 1.807) is 42.6 Å². The van der Waals surface area contributed by atoms with Gasteiger partial charge in [0.05, 0.1) is 16.1 Å². The van der Waals surface area contributed by atoms with E-state index >= 15 is 0 Å². The number of aryl methyl sites for hydroxylation is 1. The van der Waals surface area contributed by atoms with E-state index in [4.69, 9.17) is 0 Å². The number of fused-ring (bicyclic) bond motifs is 1. The van der Waals surface area contributed by atoms with Gasteiger partial charge in [0, 0.05) is 16.1 Å². The van der Waals surface area contributed by atoms with Crippen LogP contribution in [0.4, 0.5) is 5.69 Å². The molecule has 1 aromatic heterocycles. The van der Waals surface area contributed by atoms with E-state index in [2.05, 4.69) is 25.6 Å². The second-order valence-corrected chi connectivity index (χ2v) is 7.45. The summed E-state index contributed by atoms with van der Waals surface area (Å²) in [5.74, 6) is 0. The van der Waals surface area contributed by atoms with Crippen molar-refractivity contribution in [3.8, 4) is 0 Å². The molecule has 0 aliphatic rings. The van der Waals surface area contributed by atoms with Crippen LogP contribution in [0.2, 0.25) is 0 Å². The molecule has 0 aliphatic heterocycles. The molecule has 0 spiro atoms. The number of sulfonamides is 1. The summed E-state index contributed by atoms with van der Waals surface area (Å²) in [6.07, 6.45) is 1.64. The molecule has 0 radical (unpaired) electrons. The number of anilines is 1. The molecule has 0 amide bonds. The van der Waals surface area contributed by atoms with Gasteiger partial charge < -0.3 is 0 Å². The maximum atomic E-state index is 12.5. The summed E-state index contributed by atoms with van der Waals surface area (Å²) in [5, 5.41) is 0.853. The fourth-order valence-corrected chi connectivity index (χ4v) is 3.66. The Morgan fingerprint density at radius 2 is 1.77 bits per heavy atom. The van der Waals surface area contributed by atoms with Crippen molar-refractivity contribution in [3.63, 3.8) is 0 Å². The number of hydrogen-bond acceptors (Lipinski definition) is 3. The first kappa shape index (κ1) is 15.0. The summed E-state index contributed by atoms with van der Waals surface area (Å²) < 4.78 is 28.5. The maximum Gasteiger partial charge on any atom is 0.261 e. The van der Waals surface area contributed by atoms with Gasteiger partial charge >= 0.3 is 0 Å². The quantitative estimate of drug-likeness (QED) is 0.748. The molecule has 0 bridgehead atoms. The van der Waals surface area contributed by atoms with Gasteiger partial charge in [-0.15, -0.1) is 0 Å². The van der Waals surface area contributed by atoms with Gasteiger partial charge in [0.1, 0.15) is 0 Å². The average Bonchev–Trinajstić information content (AvgIpc) is 2.51. The molecule has 0 fully saturated rings. The zero-order chi connectivity index (χ0) is 15.7. The number of pyridine rings is 1. The van der Waals surface area contributed by atoms with Gasteiger partial charge in [-0.05, 0) is 37.3 Å².